The Kier molecular flexibility index (Phi) is 45.1. The number of aliphatic hydroxyl groups is 6. The molecule has 0 aliphatic carbocycles. The van der Waals surface area contributed by atoms with Crippen LogP contribution in [0.15, 0.2) is 104 Å². The zero-order chi connectivity index (χ0) is 102. The van der Waals surface area contributed by atoms with Crippen molar-refractivity contribution in [1.29, 1.82) is 0 Å². The average molecular weight is 1930 g/mol. The van der Waals surface area contributed by atoms with Crippen molar-refractivity contribution in [3.8, 4) is 0 Å². The number of hydrogen-bond donors (Lipinski definition) is 15. The Bertz CT molecular complexity index is 4440. The Morgan fingerprint density at radius 3 is 1.26 bits per heavy atom. The Labute approximate surface area is 775 Å². The van der Waals surface area contributed by atoms with Crippen LogP contribution in [0, 0.1) is 23.7 Å². The Morgan fingerprint density at radius 1 is 0.533 bits per heavy atom. The first kappa shape index (κ1) is 115. The number of aliphatic imine (C=N–C) groups is 3. The number of carboxylic acid groups (broad SMARTS) is 3. The molecular formula is C82H126N14O39. The summed E-state index contributed by atoms with van der Waals surface area (Å²) in [6, 6.07) is -1.44. The molecule has 53 heteroatoms. The lowest BCUT2D eigenvalue weighted by molar-refractivity contribution is -0.151. The number of methoxy groups -OCH3 is 7. The molecule has 9 heterocycles. The van der Waals surface area contributed by atoms with Gasteiger partial charge in [0.15, 0.2) is 30.2 Å². The summed E-state index contributed by atoms with van der Waals surface area (Å²) in [6.07, 6.45) is -7.79. The van der Waals surface area contributed by atoms with Gasteiger partial charge >= 0.3 is 60.4 Å². The van der Waals surface area contributed by atoms with Crippen molar-refractivity contribution in [3.63, 3.8) is 0 Å². The van der Waals surface area contributed by atoms with Crippen molar-refractivity contribution < 1.29 is 189 Å². The van der Waals surface area contributed by atoms with Gasteiger partial charge in [0.05, 0.1) is 52.2 Å². The number of aromatic nitrogens is 2. The number of amides is 3. The third-order valence-corrected chi connectivity index (χ3v) is 20.0. The number of nitrogens with zero attached hydrogens (tertiary/aromatic N) is 8. The number of hydrogen-bond acceptors (Lipinski definition) is 42. The second-order valence-electron chi connectivity index (χ2n) is 33.4. The highest BCUT2D eigenvalue weighted by Crippen LogP contribution is 2.37. The molecule has 0 bridgehead atoms. The van der Waals surface area contributed by atoms with Gasteiger partial charge in [0.2, 0.25) is 34.8 Å². The van der Waals surface area contributed by atoms with Crippen molar-refractivity contribution in [2.24, 2.45) is 61.0 Å². The van der Waals surface area contributed by atoms with Crippen LogP contribution in [-0.2, 0) is 119 Å². The molecule has 0 spiro atoms. The number of guanidine groups is 2. The Balaban J connectivity index is 0.000000345. The summed E-state index contributed by atoms with van der Waals surface area (Å²) >= 11 is 0. The molecule has 1 unspecified atom stereocenters. The number of aliphatic carboxylic acids is 3. The number of carbonyl (C=O) groups is 10. The normalized spacial score (nSPS) is 26.4. The summed E-state index contributed by atoms with van der Waals surface area (Å²) in [5.74, 6) is -7.70. The number of fused-ring (bicyclic) bond motifs is 1. The molecule has 8 aliphatic rings. The number of azide groups is 1. The fraction of sp³-hybridized carbons (Fsp3) is 0.659. The number of carboxylic acids is 3. The quantitative estimate of drug-likeness (QED) is 0.0106. The van der Waals surface area contributed by atoms with Crippen LogP contribution in [0.2, 0.25) is 0 Å². The maximum absolute atomic E-state index is 12.4. The van der Waals surface area contributed by atoms with Gasteiger partial charge < -0.3 is 158 Å². The van der Waals surface area contributed by atoms with Gasteiger partial charge in [-0.25, -0.2) is 67.6 Å². The first-order chi connectivity index (χ1) is 63.1. The minimum atomic E-state index is -1.41. The maximum atomic E-state index is 12.4. The number of cyclic esters (lactones) is 4. The number of aliphatic hydroxyl groups excluding tert-OH is 6. The average Bonchev–Trinajstić information content (AvgIpc) is 1.64. The van der Waals surface area contributed by atoms with Crippen LogP contribution in [0.5, 0.6) is 0 Å². The molecule has 18 N–H and O–H groups in total. The largest absolute Gasteiger partial charge is 0.508 e. The number of carbonyl (C=O) groups excluding carboxylic acids is 7. The van der Waals surface area contributed by atoms with E-state index in [-0.39, 0.29) is 65.9 Å². The first-order valence-electron chi connectivity index (χ1n) is 41.5. The molecule has 0 aromatic carbocycles. The summed E-state index contributed by atoms with van der Waals surface area (Å²) in [7, 11) is 9.30. The first-order valence-corrected chi connectivity index (χ1v) is 41.5. The molecule has 25 atom stereocenters. The summed E-state index contributed by atoms with van der Waals surface area (Å²) in [4.78, 5) is 131. The summed E-state index contributed by atoms with van der Waals surface area (Å²) in [6.45, 7) is 25.9. The van der Waals surface area contributed by atoms with E-state index in [4.69, 9.17) is 133 Å². The van der Waals surface area contributed by atoms with Gasteiger partial charge in [-0.1, -0.05) is 39.4 Å². The second-order valence-corrected chi connectivity index (χ2v) is 33.4. The molecular weight excluding hydrogens is 1800 g/mol. The zero-order valence-electron chi connectivity index (χ0n) is 78.4. The van der Waals surface area contributed by atoms with Gasteiger partial charge in [0.25, 0.3) is 0 Å². The highest BCUT2D eigenvalue weighted by molar-refractivity contribution is 6.01. The molecule has 0 saturated carbocycles. The van der Waals surface area contributed by atoms with E-state index >= 15 is 0 Å². The number of rotatable bonds is 28. The predicted molar refractivity (Wildman–Crippen MR) is 463 cm³/mol. The molecule has 758 valence electrons. The van der Waals surface area contributed by atoms with Crippen LogP contribution in [0.4, 0.5) is 24.0 Å². The fourth-order valence-corrected chi connectivity index (χ4v) is 13.6. The molecule has 0 radical (unpaired) electrons. The minimum absolute atomic E-state index is 0.00732. The predicted octanol–water partition coefficient (Wildman–Crippen LogP) is 1.14. The van der Waals surface area contributed by atoms with Gasteiger partial charge in [0, 0.05) is 95.6 Å². The monoisotopic (exact) mass is 1930 g/mol. The number of nitrogens with one attached hydrogen (secondary N) is 3. The Morgan fingerprint density at radius 2 is 0.904 bits per heavy atom. The maximum Gasteiger partial charge on any atom is 0.508 e. The van der Waals surface area contributed by atoms with Gasteiger partial charge in [-0.15, -0.1) is 0 Å². The van der Waals surface area contributed by atoms with Crippen molar-refractivity contribution in [2.75, 3.05) is 82.8 Å². The molecule has 8 aliphatic heterocycles. The number of alkyl carbamates (subject to hydrolysis) is 3. The van der Waals surface area contributed by atoms with E-state index in [9.17, 15) is 73.5 Å². The molecule has 135 heavy (non-hydrogen) atoms. The zero-order valence-corrected chi connectivity index (χ0v) is 78.4. The van der Waals surface area contributed by atoms with E-state index < -0.39 is 237 Å². The van der Waals surface area contributed by atoms with Crippen LogP contribution >= 0.6 is 0 Å². The molecule has 53 nitrogen and oxygen atoms in total. The molecule has 9 rings (SSSR count). The van der Waals surface area contributed by atoms with Crippen LogP contribution in [0.1, 0.15) is 96.9 Å². The van der Waals surface area contributed by atoms with Gasteiger partial charge in [-0.3, -0.25) is 16.0 Å². The van der Waals surface area contributed by atoms with E-state index in [2.05, 4.69) is 57.4 Å². The van der Waals surface area contributed by atoms with E-state index in [1.807, 2.05) is 0 Å². The standard InChI is InChI=1S/C22H37N3O10.C14H17NO8.C13H17N3O7.C12H21N3O6.C11H19NO6.C10H15N3O2/c1-11-12(9-14(17(28)29)33-15(11)16(32-8)13(27)10-26)23-18(24-19(30)34-21(2,3)4)25-20(31)35-22(5,6)7;1-6-15-10-7(21-6)4-8(13(16)19-3)22-12(10)11(18-2)9-5-20-14(17)23-9;1-6-7(15-16-14)4-8(12(17)20-3)22-10(6)11(19-2)9-5-21-13(18)23-9;1-5-6(15-12(13)14)3-8(11(18)19)21-9(5)10(20-2)7(17)4-16;1-5-6(12)3-8(11(15)16)18-9(5)10(17-2)7(14)4-13;1-8(13-7-5-6-11-13)12-9(14)15-10(2,3)4/h9,11-13,15-16,26-27H,10H2,1-8H3,(H,28,29)(H2,23,24,25,30,31);4,7,9-12H,5H2,1-3H3;4,6-7,9-11H,5H2,1-3H3;3,5-7,9-10,16-17H,4H2,1-2H3,(H,18,19)(H4,13,14,15);3,5-7,9-10,13-14H,4,12H2,1-2H3,(H,15,16);5-7H,1H2,2-4H3,(H,12,14)/t11-,12+,13-,15-,16-;7-,9-,10-,11-,12-;6-,7?,9-,10-,11-;2*5-,6+,7-,9-,10-;/m11111./s1. The lowest BCUT2D eigenvalue weighted by Crippen LogP contribution is -2.52. The van der Waals surface area contributed by atoms with Crippen LogP contribution in [-0.4, -0.2) is 361 Å². The highest BCUT2D eigenvalue weighted by atomic mass is 16.8. The third-order valence-electron chi connectivity index (χ3n) is 20.0. The van der Waals surface area contributed by atoms with E-state index in [1.165, 1.54) is 84.8 Å². The van der Waals surface area contributed by atoms with Crippen LogP contribution in [0.25, 0.3) is 16.3 Å². The smallest absolute Gasteiger partial charge is 0.480 e. The molecule has 2 fully saturated rings. The van der Waals surface area contributed by atoms with E-state index in [0.717, 1.165) is 0 Å². The van der Waals surface area contributed by atoms with Crippen molar-refractivity contribution in [3.05, 3.63) is 94.7 Å². The minimum Gasteiger partial charge on any atom is -0.480 e. The number of nitrogens with two attached hydrogens (primary N) is 3. The lowest BCUT2D eigenvalue weighted by atomic mass is 9.87. The highest BCUT2D eigenvalue weighted by Gasteiger charge is 2.52. The third kappa shape index (κ3) is 35.1. The lowest BCUT2D eigenvalue weighted by Gasteiger charge is -2.38. The molecule has 1 aromatic heterocycles. The Hall–Kier alpha value is -12.4. The SMILES string of the molecule is C=C(NC(=O)OC(C)(C)C)n1cccn1.COC(=O)C1=CC(N=[N+]=[N-])[C@@H](C)[C@H]([C@H](OC)[C@H]2COC(=O)O2)O1.COC(=O)C1=C[C@H]2OC(C)=N[C@H]2[C@H]([C@H](OC)[C@H]2COC(=O)O2)O1.CO[C@@H]([C@@H]1OC(C(=O)O)=C[C@H](N)[C@H]1C)[C@H](O)CO.CO[C@@H]([C@@H]1OC(C(=O)O)=C[C@H](N=C(N)N)[C@H]1C)[C@H](O)CO.CO[C@@H]([C@@H]1OC(C(=O)O)=C[C@H](N=C(NC(=O)OC(C)(C)C)NC(=O)OC(C)(C)C)[C@H]1C)[C@H](O)CO. The summed E-state index contributed by atoms with van der Waals surface area (Å²) in [5.41, 5.74) is 23.0. The van der Waals surface area contributed by atoms with Crippen LogP contribution < -0.4 is 33.2 Å². The van der Waals surface area contributed by atoms with Crippen molar-refractivity contribution >= 4 is 84.1 Å². The molecule has 1 aromatic rings. The van der Waals surface area contributed by atoms with Crippen molar-refractivity contribution in [2.45, 2.75) is 242 Å². The van der Waals surface area contributed by atoms with Gasteiger partial charge in [-0.2, -0.15) is 5.10 Å². The van der Waals surface area contributed by atoms with Crippen molar-refractivity contribution in [1.82, 2.24) is 25.7 Å². The van der Waals surface area contributed by atoms with E-state index in [0.29, 0.717) is 11.7 Å². The fourth-order valence-electron chi connectivity index (χ4n) is 13.6. The molecule has 2 saturated heterocycles. The summed E-state index contributed by atoms with van der Waals surface area (Å²) < 4.78 is 105. The topological polar surface area (TPSA) is 755 Å². The number of esters is 2. The number of ether oxygens (including phenoxy) is 20. The van der Waals surface area contributed by atoms with Gasteiger partial charge in [-0.05, 0) is 98.2 Å². The molecule has 3 amide bonds. The van der Waals surface area contributed by atoms with Crippen LogP contribution in [0.3, 0.4) is 0 Å². The second kappa shape index (κ2) is 53.0. The van der Waals surface area contributed by atoms with Gasteiger partial charge in [0.1, 0.15) is 121 Å². The van der Waals surface area contributed by atoms with E-state index in [1.54, 1.807) is 115 Å². The summed E-state index contributed by atoms with van der Waals surface area (Å²) in [5, 5.41) is 99.1.